The molecule has 1 aliphatic rings. The Balaban J connectivity index is 0.000000336. The molecule has 1 heterocycles. The number of carbonyl (C=O) groups is 1. The van der Waals surface area contributed by atoms with E-state index in [2.05, 4.69) is 5.32 Å². The van der Waals surface area contributed by atoms with Crippen LogP contribution < -0.4 is 5.32 Å². The topological polar surface area (TPSA) is 104 Å². The lowest BCUT2D eigenvalue weighted by molar-refractivity contribution is -0.117. The third kappa shape index (κ3) is 13.5. The van der Waals surface area contributed by atoms with Crippen LogP contribution in [0.4, 0.5) is 0 Å². The predicted molar refractivity (Wildman–Crippen MR) is 55.1 cm³/mol. The zero-order chi connectivity index (χ0) is 11.9. The molecular weight excluding hydrogens is 222 g/mol. The number of ketones is 1. The van der Waals surface area contributed by atoms with Crippen LogP contribution in [0.1, 0.15) is 32.6 Å². The van der Waals surface area contributed by atoms with E-state index >= 15 is 0 Å². The van der Waals surface area contributed by atoms with Gasteiger partial charge in [0.05, 0.1) is 0 Å². The van der Waals surface area contributed by atoms with Gasteiger partial charge in [-0.1, -0.05) is 6.42 Å². The van der Waals surface area contributed by atoms with Crippen molar-refractivity contribution < 1.29 is 22.3 Å². The molecular formula is C8H17NO5S. The molecule has 90 valence electrons. The molecule has 0 aromatic rings. The highest BCUT2D eigenvalue weighted by Crippen LogP contribution is 2.09. The van der Waals surface area contributed by atoms with Gasteiger partial charge in [0.25, 0.3) is 0 Å². The van der Waals surface area contributed by atoms with E-state index in [0.717, 1.165) is 13.0 Å². The summed E-state index contributed by atoms with van der Waals surface area (Å²) in [7, 11) is -4.67. The standard InChI is InChI=1S/C8H15NO.H2O4S/c1-7(10)6-8-4-2-3-5-9-8;1-5(2,3)4/h8-9H,2-6H2,1H3;(H2,1,2,3,4)/t8-;/m0./s1. The molecule has 1 aliphatic heterocycles. The lowest BCUT2D eigenvalue weighted by Gasteiger charge is -2.21. The van der Waals surface area contributed by atoms with Gasteiger partial charge in [0.2, 0.25) is 0 Å². The molecule has 0 unspecified atom stereocenters. The van der Waals surface area contributed by atoms with Crippen molar-refractivity contribution in [2.75, 3.05) is 6.54 Å². The molecule has 0 saturated carbocycles. The van der Waals surface area contributed by atoms with Crippen LogP contribution in [0, 0.1) is 0 Å². The fourth-order valence-corrected chi connectivity index (χ4v) is 1.45. The smallest absolute Gasteiger partial charge is 0.314 e. The van der Waals surface area contributed by atoms with Gasteiger partial charge in [0.1, 0.15) is 5.78 Å². The molecule has 1 fully saturated rings. The second-order valence-corrected chi connectivity index (χ2v) is 4.40. The SMILES string of the molecule is CC(=O)C[C@@H]1CCCCN1.O=S(=O)(O)O. The van der Waals surface area contributed by atoms with E-state index in [-0.39, 0.29) is 0 Å². The summed E-state index contributed by atoms with van der Waals surface area (Å²) in [5, 5.41) is 3.33. The first-order valence-electron chi connectivity index (χ1n) is 4.71. The number of piperidine rings is 1. The first-order chi connectivity index (χ1) is 6.79. The molecule has 0 amide bonds. The maximum atomic E-state index is 10.7. The van der Waals surface area contributed by atoms with Crippen LogP contribution in [0.3, 0.4) is 0 Å². The molecule has 0 bridgehead atoms. The minimum Gasteiger partial charge on any atom is -0.314 e. The minimum absolute atomic E-state index is 0.305. The number of Topliss-reactive ketones (excluding diaryl/α,β-unsaturated/α-hetero) is 1. The van der Waals surface area contributed by atoms with Crippen LogP contribution in [-0.2, 0) is 15.2 Å². The molecule has 15 heavy (non-hydrogen) atoms. The summed E-state index contributed by atoms with van der Waals surface area (Å²) in [6.45, 7) is 2.76. The summed E-state index contributed by atoms with van der Waals surface area (Å²) in [4.78, 5) is 10.7. The van der Waals surface area contributed by atoms with Crippen molar-refractivity contribution in [2.45, 2.75) is 38.6 Å². The van der Waals surface area contributed by atoms with Gasteiger partial charge in [-0.3, -0.25) is 13.9 Å². The highest BCUT2D eigenvalue weighted by Gasteiger charge is 2.13. The fourth-order valence-electron chi connectivity index (χ4n) is 1.45. The van der Waals surface area contributed by atoms with Crippen LogP contribution >= 0.6 is 0 Å². The minimum atomic E-state index is -4.67. The molecule has 1 saturated heterocycles. The molecule has 7 heteroatoms. The van der Waals surface area contributed by atoms with Gasteiger partial charge in [-0.15, -0.1) is 0 Å². The Labute approximate surface area is 89.6 Å². The highest BCUT2D eigenvalue weighted by atomic mass is 32.3. The van der Waals surface area contributed by atoms with Gasteiger partial charge in [-0.2, -0.15) is 8.42 Å². The average Bonchev–Trinajstić information content (AvgIpc) is 2.01. The summed E-state index contributed by atoms with van der Waals surface area (Å²) in [6, 6.07) is 0.478. The van der Waals surface area contributed by atoms with E-state index in [1.165, 1.54) is 19.3 Å². The van der Waals surface area contributed by atoms with Crippen molar-refractivity contribution in [3.05, 3.63) is 0 Å². The summed E-state index contributed by atoms with van der Waals surface area (Å²) in [5.41, 5.74) is 0. The van der Waals surface area contributed by atoms with Gasteiger partial charge in [-0.05, 0) is 26.3 Å². The normalized spacial score (nSPS) is 21.4. The van der Waals surface area contributed by atoms with Gasteiger partial charge in [0.15, 0.2) is 0 Å². The third-order valence-corrected chi connectivity index (χ3v) is 1.95. The zero-order valence-corrected chi connectivity index (χ0v) is 9.46. The second-order valence-electron chi connectivity index (χ2n) is 3.50. The predicted octanol–water partition coefficient (Wildman–Crippen LogP) is 0.455. The van der Waals surface area contributed by atoms with Crippen molar-refractivity contribution in [3.63, 3.8) is 0 Å². The molecule has 3 N–H and O–H groups in total. The van der Waals surface area contributed by atoms with Gasteiger partial charge in [-0.25, -0.2) is 0 Å². The molecule has 0 spiro atoms. The Bertz CT molecular complexity index is 273. The fraction of sp³-hybridized carbons (Fsp3) is 0.875. The second kappa shape index (κ2) is 6.89. The van der Waals surface area contributed by atoms with E-state index in [1.54, 1.807) is 6.92 Å². The molecule has 0 aliphatic carbocycles. The van der Waals surface area contributed by atoms with E-state index in [0.29, 0.717) is 11.8 Å². The van der Waals surface area contributed by atoms with Crippen molar-refractivity contribution in [2.24, 2.45) is 0 Å². The van der Waals surface area contributed by atoms with E-state index in [4.69, 9.17) is 17.5 Å². The van der Waals surface area contributed by atoms with Gasteiger partial charge < -0.3 is 5.32 Å². The summed E-state index contributed by atoms with van der Waals surface area (Å²) in [6.07, 6.45) is 4.46. The number of hydrogen-bond acceptors (Lipinski definition) is 4. The summed E-state index contributed by atoms with van der Waals surface area (Å²) >= 11 is 0. The Morgan fingerprint density at radius 3 is 2.27 bits per heavy atom. The quantitative estimate of drug-likeness (QED) is 0.605. The lowest BCUT2D eigenvalue weighted by atomic mass is 10.0. The van der Waals surface area contributed by atoms with Gasteiger partial charge >= 0.3 is 10.4 Å². The average molecular weight is 239 g/mol. The van der Waals surface area contributed by atoms with Crippen molar-refractivity contribution >= 4 is 16.2 Å². The Morgan fingerprint density at radius 1 is 1.40 bits per heavy atom. The lowest BCUT2D eigenvalue weighted by Crippen LogP contribution is -2.35. The Hall–Kier alpha value is -0.500. The summed E-state index contributed by atoms with van der Waals surface area (Å²) < 4.78 is 31.6. The van der Waals surface area contributed by atoms with Gasteiger partial charge in [0, 0.05) is 12.5 Å². The van der Waals surface area contributed by atoms with E-state index < -0.39 is 10.4 Å². The van der Waals surface area contributed by atoms with Crippen LogP contribution in [-0.4, -0.2) is 35.9 Å². The van der Waals surface area contributed by atoms with Crippen LogP contribution in [0.25, 0.3) is 0 Å². The van der Waals surface area contributed by atoms with E-state index in [1.807, 2.05) is 0 Å². The maximum absolute atomic E-state index is 10.7. The van der Waals surface area contributed by atoms with Crippen molar-refractivity contribution in [1.82, 2.24) is 5.32 Å². The molecule has 0 aromatic heterocycles. The van der Waals surface area contributed by atoms with Crippen molar-refractivity contribution in [1.29, 1.82) is 0 Å². The Kier molecular flexibility index (Phi) is 6.66. The monoisotopic (exact) mass is 239 g/mol. The highest BCUT2D eigenvalue weighted by molar-refractivity contribution is 7.79. The first-order valence-corrected chi connectivity index (χ1v) is 6.11. The van der Waals surface area contributed by atoms with Crippen LogP contribution in [0.2, 0.25) is 0 Å². The maximum Gasteiger partial charge on any atom is 0.394 e. The van der Waals surface area contributed by atoms with Crippen LogP contribution in [0.15, 0.2) is 0 Å². The first kappa shape index (κ1) is 14.5. The zero-order valence-electron chi connectivity index (χ0n) is 8.64. The molecule has 6 nitrogen and oxygen atoms in total. The molecule has 0 aromatic carbocycles. The summed E-state index contributed by atoms with van der Waals surface area (Å²) in [5.74, 6) is 0.305. The molecule has 1 atom stereocenters. The number of nitrogens with one attached hydrogen (secondary N) is 1. The Morgan fingerprint density at radius 2 is 1.93 bits per heavy atom. The largest absolute Gasteiger partial charge is 0.394 e. The number of carbonyl (C=O) groups excluding carboxylic acids is 1. The van der Waals surface area contributed by atoms with Crippen LogP contribution in [0.5, 0.6) is 0 Å². The van der Waals surface area contributed by atoms with E-state index in [9.17, 15) is 4.79 Å². The number of hydrogen-bond donors (Lipinski definition) is 3. The third-order valence-electron chi connectivity index (χ3n) is 1.95. The molecule has 0 radical (unpaired) electrons. The molecule has 1 rings (SSSR count). The van der Waals surface area contributed by atoms with Crippen molar-refractivity contribution in [3.8, 4) is 0 Å². The number of rotatable bonds is 2.